The van der Waals surface area contributed by atoms with Crippen molar-refractivity contribution < 1.29 is 27.9 Å². The number of ketones is 1. The summed E-state index contributed by atoms with van der Waals surface area (Å²) >= 11 is 1.35. The summed E-state index contributed by atoms with van der Waals surface area (Å²) in [7, 11) is -4.03. The number of unbranched alkanes of at least 4 members (excludes halogenated alkanes) is 2. The van der Waals surface area contributed by atoms with Crippen molar-refractivity contribution in [3.63, 3.8) is 0 Å². The fourth-order valence-electron chi connectivity index (χ4n) is 5.70. The number of aliphatic carboxylic acids is 1. The maximum atomic E-state index is 13.6. The minimum absolute atomic E-state index is 0.00680. The number of pyridine rings is 1. The zero-order valence-electron chi connectivity index (χ0n) is 25.9. The van der Waals surface area contributed by atoms with Crippen LogP contribution in [0.1, 0.15) is 63.3 Å². The lowest BCUT2D eigenvalue weighted by Gasteiger charge is -2.31. The maximum absolute atomic E-state index is 13.6. The summed E-state index contributed by atoms with van der Waals surface area (Å²) < 4.78 is 27.6. The van der Waals surface area contributed by atoms with Crippen LogP contribution < -0.4 is 5.32 Å². The van der Waals surface area contributed by atoms with E-state index in [4.69, 9.17) is 0 Å². The van der Waals surface area contributed by atoms with Gasteiger partial charge in [0.15, 0.2) is 0 Å². The van der Waals surface area contributed by atoms with Gasteiger partial charge in [0.25, 0.3) is 0 Å². The highest BCUT2D eigenvalue weighted by Gasteiger charge is 2.55. The van der Waals surface area contributed by atoms with E-state index >= 15 is 0 Å². The number of hydrogen-bond donors (Lipinski definition) is 2. The molecule has 0 radical (unpaired) electrons. The van der Waals surface area contributed by atoms with Crippen molar-refractivity contribution in [2.24, 2.45) is 0 Å². The largest absolute Gasteiger partial charge is 0.480 e. The van der Waals surface area contributed by atoms with Gasteiger partial charge in [-0.1, -0.05) is 55.0 Å². The third-order valence-corrected chi connectivity index (χ3v) is 11.4. The lowest BCUT2D eigenvalue weighted by Crippen LogP contribution is -2.57. The molecule has 11 heteroatoms. The number of carbonyl (C=O) groups excluding carboxylic acids is 2. The van der Waals surface area contributed by atoms with E-state index in [1.54, 1.807) is 57.3 Å². The van der Waals surface area contributed by atoms with Crippen LogP contribution in [0, 0.1) is 0 Å². The molecule has 2 aromatic carbocycles. The van der Waals surface area contributed by atoms with Crippen LogP contribution in [0.15, 0.2) is 83.9 Å². The zero-order valence-corrected chi connectivity index (χ0v) is 27.5. The Hall–Kier alpha value is -3.54. The average molecular weight is 652 g/mol. The molecule has 1 aromatic heterocycles. The van der Waals surface area contributed by atoms with Gasteiger partial charge in [-0.05, 0) is 75.4 Å². The van der Waals surface area contributed by atoms with Gasteiger partial charge in [0.1, 0.15) is 17.9 Å². The van der Waals surface area contributed by atoms with Crippen LogP contribution in [0.3, 0.4) is 0 Å². The number of carboxylic acids is 1. The topological polar surface area (TPSA) is 134 Å². The molecular weight excluding hydrogens is 611 g/mol. The monoisotopic (exact) mass is 651 g/mol. The molecule has 4 rings (SSSR count). The van der Waals surface area contributed by atoms with Crippen molar-refractivity contribution in [1.29, 1.82) is 0 Å². The molecule has 1 saturated heterocycles. The second kappa shape index (κ2) is 15.2. The Kier molecular flexibility index (Phi) is 11.6. The van der Waals surface area contributed by atoms with E-state index in [1.807, 2.05) is 30.3 Å². The Balaban J connectivity index is 1.33. The fraction of sp³-hybridized carbons (Fsp3) is 0.412. The van der Waals surface area contributed by atoms with E-state index in [0.717, 1.165) is 36.9 Å². The highest BCUT2D eigenvalue weighted by atomic mass is 32.2. The summed E-state index contributed by atoms with van der Waals surface area (Å²) in [6, 6.07) is 18.5. The Bertz CT molecular complexity index is 1560. The predicted octanol–water partition coefficient (Wildman–Crippen LogP) is 5.04. The summed E-state index contributed by atoms with van der Waals surface area (Å²) in [5.74, 6) is -1.73. The Morgan fingerprint density at radius 3 is 2.27 bits per heavy atom. The number of aryl methyl sites for hydroxylation is 1. The van der Waals surface area contributed by atoms with E-state index in [2.05, 4.69) is 10.3 Å². The van der Waals surface area contributed by atoms with Gasteiger partial charge in [0.2, 0.25) is 15.9 Å². The molecular formula is C34H41N3O6S2. The van der Waals surface area contributed by atoms with Gasteiger partial charge < -0.3 is 10.4 Å². The number of benzene rings is 2. The van der Waals surface area contributed by atoms with Crippen molar-refractivity contribution in [3.05, 3.63) is 95.8 Å². The standard InChI is InChI=1S/C34H41N3O6S2/c1-24-37(45(42,43)29-15-8-5-9-16-29)31(34(2,3)44-24)32(39)36-30(33(40)41)23-26-19-17-25(18-20-26)22-28(38)14-7-4-6-12-27-13-10-11-21-35-27/h5,8-11,13,15-21,24,30-31H,4,6-7,12,14,22-23H2,1-3H3,(H,36,39)(H,40,41)/t24?,30-,31+/m0/s1. The summed E-state index contributed by atoms with van der Waals surface area (Å²) in [5.41, 5.74) is 2.58. The SMILES string of the molecule is CC1SC(C)(C)[C@@H](C(=O)N[C@@H](Cc2ccc(CC(=O)CCCCCc3ccccn3)cc2)C(=O)O)N1S(=O)(=O)c1ccccc1. The third kappa shape index (κ3) is 9.02. The van der Waals surface area contributed by atoms with Gasteiger partial charge in [-0.2, -0.15) is 4.31 Å². The molecule has 0 spiro atoms. The molecule has 1 aliphatic heterocycles. The number of Topliss-reactive ketones (excluding diaryl/α,β-unsaturated/α-hetero) is 1. The molecule has 2 N–H and O–H groups in total. The highest BCUT2D eigenvalue weighted by Crippen LogP contribution is 2.46. The van der Waals surface area contributed by atoms with Crippen LogP contribution in [0.4, 0.5) is 0 Å². The third-order valence-electron chi connectivity index (χ3n) is 7.91. The number of carboxylic acid groups (broad SMARTS) is 1. The number of nitrogens with zero attached hydrogens (tertiary/aromatic N) is 2. The van der Waals surface area contributed by atoms with Gasteiger partial charge in [0, 0.05) is 35.9 Å². The van der Waals surface area contributed by atoms with Gasteiger partial charge in [-0.15, -0.1) is 11.8 Å². The van der Waals surface area contributed by atoms with Crippen molar-refractivity contribution in [3.8, 4) is 0 Å². The molecule has 1 amide bonds. The number of rotatable bonds is 15. The molecule has 240 valence electrons. The lowest BCUT2D eigenvalue weighted by molar-refractivity contribution is -0.142. The number of nitrogens with one attached hydrogen (secondary N) is 1. The van der Waals surface area contributed by atoms with Crippen LogP contribution in [-0.2, 0) is 43.7 Å². The van der Waals surface area contributed by atoms with E-state index < -0.39 is 44.1 Å². The van der Waals surface area contributed by atoms with E-state index in [0.29, 0.717) is 18.4 Å². The summed E-state index contributed by atoms with van der Waals surface area (Å²) in [4.78, 5) is 42.8. The predicted molar refractivity (Wildman–Crippen MR) is 175 cm³/mol. The van der Waals surface area contributed by atoms with Crippen molar-refractivity contribution in [2.45, 2.75) is 92.8 Å². The smallest absolute Gasteiger partial charge is 0.326 e. The van der Waals surface area contributed by atoms with Crippen LogP contribution >= 0.6 is 11.8 Å². The van der Waals surface area contributed by atoms with Gasteiger partial charge in [-0.3, -0.25) is 14.6 Å². The first-order valence-electron chi connectivity index (χ1n) is 15.2. The van der Waals surface area contributed by atoms with Crippen molar-refractivity contribution >= 4 is 39.4 Å². The van der Waals surface area contributed by atoms with Gasteiger partial charge in [0.05, 0.1) is 10.3 Å². The molecule has 3 atom stereocenters. The molecule has 0 bridgehead atoms. The van der Waals surface area contributed by atoms with Crippen LogP contribution in [0.25, 0.3) is 0 Å². The van der Waals surface area contributed by atoms with E-state index in [9.17, 15) is 27.9 Å². The van der Waals surface area contributed by atoms with E-state index in [1.165, 1.54) is 28.2 Å². The molecule has 1 fully saturated rings. The zero-order chi connectivity index (χ0) is 32.6. The van der Waals surface area contributed by atoms with Crippen molar-refractivity contribution in [1.82, 2.24) is 14.6 Å². The first kappa shape index (κ1) is 34.3. The fourth-order valence-corrected chi connectivity index (χ4v) is 9.46. The first-order chi connectivity index (χ1) is 21.4. The quantitative estimate of drug-likeness (QED) is 0.219. The first-order valence-corrected chi connectivity index (χ1v) is 17.5. The minimum Gasteiger partial charge on any atom is -0.480 e. The number of thioether (sulfide) groups is 1. The molecule has 0 saturated carbocycles. The molecule has 45 heavy (non-hydrogen) atoms. The number of carbonyl (C=O) groups is 3. The Morgan fingerprint density at radius 1 is 0.956 bits per heavy atom. The number of amides is 1. The van der Waals surface area contributed by atoms with Gasteiger partial charge >= 0.3 is 5.97 Å². The maximum Gasteiger partial charge on any atom is 0.326 e. The summed E-state index contributed by atoms with van der Waals surface area (Å²) in [6.45, 7) is 5.30. The van der Waals surface area contributed by atoms with Crippen molar-refractivity contribution in [2.75, 3.05) is 0 Å². The highest BCUT2D eigenvalue weighted by molar-refractivity contribution is 8.02. The normalized spacial score (nSPS) is 18.7. The van der Waals surface area contributed by atoms with Crippen LogP contribution in [-0.4, -0.2) is 62.7 Å². The Morgan fingerprint density at radius 2 is 1.62 bits per heavy atom. The second-order valence-electron chi connectivity index (χ2n) is 11.9. The molecule has 9 nitrogen and oxygen atoms in total. The van der Waals surface area contributed by atoms with E-state index in [-0.39, 0.29) is 17.1 Å². The lowest BCUT2D eigenvalue weighted by atomic mass is 9.99. The van der Waals surface area contributed by atoms with Crippen LogP contribution in [0.5, 0.6) is 0 Å². The molecule has 2 heterocycles. The van der Waals surface area contributed by atoms with Gasteiger partial charge in [-0.25, -0.2) is 13.2 Å². The second-order valence-corrected chi connectivity index (χ2v) is 15.7. The number of aromatic nitrogens is 1. The Labute approximate surface area is 269 Å². The average Bonchev–Trinajstić information content (AvgIpc) is 3.26. The number of sulfonamides is 1. The molecule has 1 aliphatic rings. The molecule has 0 aliphatic carbocycles. The number of hydrogen-bond acceptors (Lipinski definition) is 7. The molecule has 3 aromatic rings. The minimum atomic E-state index is -4.03. The summed E-state index contributed by atoms with van der Waals surface area (Å²) in [6.07, 6.45) is 6.26. The molecule has 1 unspecified atom stereocenters. The summed E-state index contributed by atoms with van der Waals surface area (Å²) in [5, 5.41) is 12.0. The van der Waals surface area contributed by atoms with Crippen LogP contribution in [0.2, 0.25) is 0 Å².